The number of anilines is 1. The summed E-state index contributed by atoms with van der Waals surface area (Å²) in [5.41, 5.74) is 4.30. The second-order valence-corrected chi connectivity index (χ2v) is 7.51. The van der Waals surface area contributed by atoms with Crippen molar-refractivity contribution in [2.45, 2.75) is 13.0 Å². The molecule has 0 fully saturated rings. The molecule has 4 heteroatoms. The molecule has 0 saturated carbocycles. The van der Waals surface area contributed by atoms with Crippen molar-refractivity contribution >= 4 is 33.1 Å². The Morgan fingerprint density at radius 3 is 2.15 bits per heavy atom. The number of aliphatic hydroxyl groups is 1. The number of amides is 1. The van der Waals surface area contributed by atoms with Gasteiger partial charge in [0.05, 0.1) is 6.04 Å². The minimum absolute atomic E-state index is 0.198. The van der Waals surface area contributed by atoms with Gasteiger partial charge in [-0.3, -0.25) is 9.69 Å². The molecule has 3 aromatic carbocycles. The van der Waals surface area contributed by atoms with Crippen LogP contribution in [-0.4, -0.2) is 11.0 Å². The molecule has 0 aromatic heterocycles. The van der Waals surface area contributed by atoms with E-state index in [0.29, 0.717) is 5.57 Å². The Morgan fingerprint density at radius 2 is 1.52 bits per heavy atom. The average molecular weight is 420 g/mol. The van der Waals surface area contributed by atoms with Crippen molar-refractivity contribution < 1.29 is 9.90 Å². The number of carbonyl (C=O) groups excluding carboxylic acids is 1. The molecule has 0 unspecified atom stereocenters. The first-order valence-electron chi connectivity index (χ1n) is 8.70. The third-order valence-corrected chi connectivity index (χ3v) is 5.32. The molecule has 1 N–H and O–H groups in total. The van der Waals surface area contributed by atoms with Gasteiger partial charge in [0.25, 0.3) is 5.91 Å². The van der Waals surface area contributed by atoms with Gasteiger partial charge in [-0.05, 0) is 42.3 Å². The van der Waals surface area contributed by atoms with Gasteiger partial charge in [0.15, 0.2) is 5.76 Å². The third-order valence-electron chi connectivity index (χ3n) is 4.79. The number of hydrogen-bond acceptors (Lipinski definition) is 2. The Hall–Kier alpha value is -2.85. The van der Waals surface area contributed by atoms with Crippen LogP contribution in [0.25, 0.3) is 5.57 Å². The number of rotatable bonds is 3. The summed E-state index contributed by atoms with van der Waals surface area (Å²) in [6.45, 7) is 2.01. The molecule has 3 aromatic rings. The average Bonchev–Trinajstić information content (AvgIpc) is 2.95. The van der Waals surface area contributed by atoms with Gasteiger partial charge in [-0.2, -0.15) is 0 Å². The summed E-state index contributed by atoms with van der Waals surface area (Å²) in [6.07, 6.45) is 0. The molecule has 134 valence electrons. The van der Waals surface area contributed by atoms with Gasteiger partial charge in [0.2, 0.25) is 0 Å². The molecule has 0 aliphatic carbocycles. The van der Waals surface area contributed by atoms with E-state index in [4.69, 9.17) is 0 Å². The lowest BCUT2D eigenvalue weighted by Crippen LogP contribution is -2.30. The minimum Gasteiger partial charge on any atom is -0.503 e. The molecular weight excluding hydrogens is 402 g/mol. The van der Waals surface area contributed by atoms with E-state index in [2.05, 4.69) is 15.9 Å². The largest absolute Gasteiger partial charge is 0.503 e. The van der Waals surface area contributed by atoms with Gasteiger partial charge in [-0.1, -0.05) is 76.1 Å². The molecule has 1 aliphatic heterocycles. The Morgan fingerprint density at radius 1 is 0.889 bits per heavy atom. The maximum atomic E-state index is 13.0. The quantitative estimate of drug-likeness (QED) is 0.581. The van der Waals surface area contributed by atoms with E-state index in [9.17, 15) is 9.90 Å². The van der Waals surface area contributed by atoms with Crippen LogP contribution >= 0.6 is 15.9 Å². The topological polar surface area (TPSA) is 40.5 Å². The first-order chi connectivity index (χ1) is 13.1. The maximum Gasteiger partial charge on any atom is 0.294 e. The van der Waals surface area contributed by atoms with Crippen molar-refractivity contribution in [3.05, 3.63) is 106 Å². The predicted molar refractivity (Wildman–Crippen MR) is 112 cm³/mol. The number of nitrogens with zero attached hydrogens (tertiary/aromatic N) is 1. The summed E-state index contributed by atoms with van der Waals surface area (Å²) in [6, 6.07) is 24.8. The molecule has 0 saturated heterocycles. The third kappa shape index (κ3) is 3.17. The van der Waals surface area contributed by atoms with Crippen LogP contribution in [-0.2, 0) is 4.79 Å². The number of hydrogen-bond donors (Lipinski definition) is 1. The van der Waals surface area contributed by atoms with Crippen molar-refractivity contribution in [1.82, 2.24) is 0 Å². The fourth-order valence-corrected chi connectivity index (χ4v) is 3.72. The monoisotopic (exact) mass is 419 g/mol. The zero-order chi connectivity index (χ0) is 19.0. The van der Waals surface area contributed by atoms with Crippen LogP contribution in [0.1, 0.15) is 22.7 Å². The molecule has 0 bridgehead atoms. The molecule has 1 atom stereocenters. The van der Waals surface area contributed by atoms with Gasteiger partial charge >= 0.3 is 0 Å². The lowest BCUT2D eigenvalue weighted by molar-refractivity contribution is -0.117. The summed E-state index contributed by atoms with van der Waals surface area (Å²) in [5.74, 6) is -0.586. The van der Waals surface area contributed by atoms with E-state index >= 15 is 0 Å². The summed E-state index contributed by atoms with van der Waals surface area (Å²) in [4.78, 5) is 14.7. The van der Waals surface area contributed by atoms with Crippen LogP contribution in [0.2, 0.25) is 0 Å². The molecule has 1 heterocycles. The molecule has 4 rings (SSSR count). The normalized spacial score (nSPS) is 16.9. The van der Waals surface area contributed by atoms with Crippen LogP contribution in [0, 0.1) is 6.92 Å². The zero-order valence-electron chi connectivity index (χ0n) is 14.8. The first-order valence-corrected chi connectivity index (χ1v) is 9.50. The summed E-state index contributed by atoms with van der Waals surface area (Å²) in [7, 11) is 0. The maximum absolute atomic E-state index is 13.0. The van der Waals surface area contributed by atoms with Crippen LogP contribution < -0.4 is 4.90 Å². The highest BCUT2D eigenvalue weighted by atomic mass is 79.9. The lowest BCUT2D eigenvalue weighted by Gasteiger charge is -2.27. The minimum atomic E-state index is -0.387. The number of aryl methyl sites for hydroxylation is 1. The predicted octanol–water partition coefficient (Wildman–Crippen LogP) is 5.81. The summed E-state index contributed by atoms with van der Waals surface area (Å²) >= 11 is 3.43. The highest BCUT2D eigenvalue weighted by molar-refractivity contribution is 9.10. The molecule has 0 spiro atoms. The summed E-state index contributed by atoms with van der Waals surface area (Å²) < 4.78 is 0.935. The van der Waals surface area contributed by atoms with Crippen LogP contribution in [0.15, 0.2) is 89.1 Å². The van der Waals surface area contributed by atoms with Crippen molar-refractivity contribution in [3.8, 4) is 0 Å². The van der Waals surface area contributed by atoms with E-state index in [-0.39, 0.29) is 17.7 Å². The van der Waals surface area contributed by atoms with E-state index in [1.54, 1.807) is 4.90 Å². The van der Waals surface area contributed by atoms with Crippen LogP contribution in [0.4, 0.5) is 5.69 Å². The number of benzene rings is 3. The Balaban J connectivity index is 1.89. The van der Waals surface area contributed by atoms with Gasteiger partial charge in [0, 0.05) is 15.7 Å². The second-order valence-electron chi connectivity index (χ2n) is 6.59. The van der Waals surface area contributed by atoms with Crippen LogP contribution in [0.5, 0.6) is 0 Å². The van der Waals surface area contributed by atoms with E-state index < -0.39 is 0 Å². The molecule has 27 heavy (non-hydrogen) atoms. The lowest BCUT2D eigenvalue weighted by atomic mass is 9.93. The second kappa shape index (κ2) is 7.05. The first kappa shape index (κ1) is 17.6. The van der Waals surface area contributed by atoms with Crippen LogP contribution in [0.3, 0.4) is 0 Å². The fraction of sp³-hybridized carbons (Fsp3) is 0.0870. The van der Waals surface area contributed by atoms with Gasteiger partial charge in [-0.25, -0.2) is 0 Å². The smallest absolute Gasteiger partial charge is 0.294 e. The van der Waals surface area contributed by atoms with Gasteiger partial charge in [-0.15, -0.1) is 0 Å². The Kier molecular flexibility index (Phi) is 4.58. The highest BCUT2D eigenvalue weighted by Crippen LogP contribution is 2.45. The van der Waals surface area contributed by atoms with E-state index in [1.165, 1.54) is 0 Å². The fourth-order valence-electron chi connectivity index (χ4n) is 3.45. The standard InChI is InChI=1S/C23H18BrNO2/c1-15-7-9-16(10-8-15)20-21(17-5-3-2-4-6-17)25(23(27)22(20)26)19-13-11-18(24)12-14-19/h2-14,21,26H,1H3/t21-/m1/s1. The molecule has 3 nitrogen and oxygen atoms in total. The molecule has 0 radical (unpaired) electrons. The Bertz CT molecular complexity index is 1010. The number of aliphatic hydroxyl groups excluding tert-OH is 1. The molecular formula is C23H18BrNO2. The molecule has 1 amide bonds. The van der Waals surface area contributed by atoms with Gasteiger partial charge in [0.1, 0.15) is 0 Å². The van der Waals surface area contributed by atoms with E-state index in [0.717, 1.165) is 26.9 Å². The van der Waals surface area contributed by atoms with Gasteiger partial charge < -0.3 is 5.11 Å². The van der Waals surface area contributed by atoms with E-state index in [1.807, 2.05) is 85.8 Å². The molecule has 1 aliphatic rings. The van der Waals surface area contributed by atoms with Crippen molar-refractivity contribution in [1.29, 1.82) is 0 Å². The summed E-state index contributed by atoms with van der Waals surface area (Å²) in [5, 5.41) is 10.8. The van der Waals surface area contributed by atoms with Crippen molar-refractivity contribution in [3.63, 3.8) is 0 Å². The highest BCUT2D eigenvalue weighted by Gasteiger charge is 2.41. The zero-order valence-corrected chi connectivity index (χ0v) is 16.3. The number of carbonyl (C=O) groups is 1. The van der Waals surface area contributed by atoms with Crippen molar-refractivity contribution in [2.24, 2.45) is 0 Å². The van der Waals surface area contributed by atoms with Crippen molar-refractivity contribution in [2.75, 3.05) is 4.90 Å². The SMILES string of the molecule is Cc1ccc(C2=C(O)C(=O)N(c3ccc(Br)cc3)[C@@H]2c2ccccc2)cc1. The Labute approximate surface area is 166 Å². The number of halogens is 1.